The first kappa shape index (κ1) is 11.3. The van der Waals surface area contributed by atoms with E-state index in [1.54, 1.807) is 12.1 Å². The lowest BCUT2D eigenvalue weighted by atomic mass is 10.2. The number of nitrogens with one attached hydrogen (secondary N) is 1. The number of methoxy groups -OCH3 is 1. The maximum atomic E-state index is 11.1. The highest BCUT2D eigenvalue weighted by atomic mass is 16.5. The van der Waals surface area contributed by atoms with Crippen LogP contribution in [0.15, 0.2) is 18.2 Å². The van der Waals surface area contributed by atoms with Crippen LogP contribution in [0.1, 0.15) is 5.56 Å². The minimum Gasteiger partial charge on any atom is -0.508 e. The van der Waals surface area contributed by atoms with Crippen molar-refractivity contribution in [3.05, 3.63) is 23.8 Å². The number of carbonyl (C=O) groups excluding carboxylic acids is 1. The van der Waals surface area contributed by atoms with Crippen molar-refractivity contribution >= 4 is 11.6 Å². The lowest BCUT2D eigenvalue weighted by Crippen LogP contribution is -2.26. The molecule has 1 aromatic carbocycles. The van der Waals surface area contributed by atoms with Crippen molar-refractivity contribution in [2.45, 2.75) is 6.54 Å². The Morgan fingerprint density at radius 3 is 3.00 bits per heavy atom. The van der Waals surface area contributed by atoms with Crippen LogP contribution < -0.4 is 11.1 Å². The number of rotatable bonds is 4. The molecule has 1 amide bonds. The summed E-state index contributed by atoms with van der Waals surface area (Å²) in [6, 6.07) is 4.70. The van der Waals surface area contributed by atoms with Crippen molar-refractivity contribution < 1.29 is 14.6 Å². The number of benzene rings is 1. The first-order valence-corrected chi connectivity index (χ1v) is 4.46. The highest BCUT2D eigenvalue weighted by Gasteiger charge is 2.04. The van der Waals surface area contributed by atoms with E-state index in [1.165, 1.54) is 13.2 Å². The van der Waals surface area contributed by atoms with E-state index in [-0.39, 0.29) is 24.8 Å². The summed E-state index contributed by atoms with van der Waals surface area (Å²) in [5, 5.41) is 12.0. The Kier molecular flexibility index (Phi) is 3.93. The van der Waals surface area contributed by atoms with Gasteiger partial charge in [-0.15, -0.1) is 0 Å². The van der Waals surface area contributed by atoms with Gasteiger partial charge >= 0.3 is 0 Å². The normalized spacial score (nSPS) is 9.93. The van der Waals surface area contributed by atoms with Gasteiger partial charge in [0.25, 0.3) is 0 Å². The third-order valence-electron chi connectivity index (χ3n) is 1.85. The molecule has 0 aliphatic rings. The zero-order chi connectivity index (χ0) is 11.3. The van der Waals surface area contributed by atoms with E-state index >= 15 is 0 Å². The average molecular weight is 210 g/mol. The maximum absolute atomic E-state index is 11.1. The number of hydrogen-bond donors (Lipinski definition) is 3. The summed E-state index contributed by atoms with van der Waals surface area (Å²) in [6.45, 7) is 0.238. The van der Waals surface area contributed by atoms with Crippen LogP contribution in [0.25, 0.3) is 0 Å². The lowest BCUT2D eigenvalue weighted by molar-refractivity contribution is -0.124. The summed E-state index contributed by atoms with van der Waals surface area (Å²) in [4.78, 5) is 11.1. The fraction of sp³-hybridized carbons (Fsp3) is 0.300. The molecule has 0 fully saturated rings. The molecule has 0 atom stereocenters. The van der Waals surface area contributed by atoms with Crippen LogP contribution in [-0.4, -0.2) is 24.7 Å². The highest BCUT2D eigenvalue weighted by molar-refractivity contribution is 5.77. The minimum atomic E-state index is -0.237. The molecule has 1 rings (SSSR count). The Morgan fingerprint density at radius 1 is 1.60 bits per heavy atom. The molecule has 0 radical (unpaired) electrons. The van der Waals surface area contributed by atoms with Gasteiger partial charge in [0.2, 0.25) is 5.91 Å². The summed E-state index contributed by atoms with van der Waals surface area (Å²) in [5.41, 5.74) is 6.67. The number of carbonyl (C=O) groups is 1. The van der Waals surface area contributed by atoms with E-state index in [0.29, 0.717) is 11.3 Å². The number of ether oxygens (including phenoxy) is 1. The molecule has 5 nitrogen and oxygen atoms in total. The molecular weight excluding hydrogens is 196 g/mol. The molecule has 0 saturated carbocycles. The van der Waals surface area contributed by atoms with Crippen LogP contribution in [0.5, 0.6) is 5.75 Å². The van der Waals surface area contributed by atoms with Gasteiger partial charge in [-0.05, 0) is 18.2 Å². The molecule has 1 aromatic rings. The summed E-state index contributed by atoms with van der Waals surface area (Å²) in [5.74, 6) is -0.124. The monoisotopic (exact) mass is 210 g/mol. The number of phenols is 1. The molecule has 0 saturated heterocycles. The van der Waals surface area contributed by atoms with E-state index in [0.717, 1.165) is 0 Å². The van der Waals surface area contributed by atoms with Crippen molar-refractivity contribution in [2.75, 3.05) is 19.5 Å². The predicted octanol–water partition coefficient (Wildman–Crippen LogP) is 0.237. The Labute approximate surface area is 87.9 Å². The lowest BCUT2D eigenvalue weighted by Gasteiger charge is -2.07. The summed E-state index contributed by atoms with van der Waals surface area (Å²) < 4.78 is 4.65. The van der Waals surface area contributed by atoms with E-state index in [9.17, 15) is 9.90 Å². The molecule has 4 N–H and O–H groups in total. The standard InChI is InChI=1S/C10H14N2O3/c1-15-6-10(14)12-5-7-4-8(11)2-3-9(7)13/h2-4,13H,5-6,11H2,1H3,(H,12,14). The van der Waals surface area contributed by atoms with Crippen LogP contribution in [0.2, 0.25) is 0 Å². The number of nitrogen functional groups attached to an aromatic ring is 1. The van der Waals surface area contributed by atoms with E-state index in [1.807, 2.05) is 0 Å². The Bertz CT molecular complexity index is 353. The van der Waals surface area contributed by atoms with Gasteiger partial charge in [-0.25, -0.2) is 0 Å². The number of amides is 1. The third-order valence-corrected chi connectivity index (χ3v) is 1.85. The van der Waals surface area contributed by atoms with E-state index in [4.69, 9.17) is 5.73 Å². The molecule has 0 aliphatic heterocycles. The van der Waals surface area contributed by atoms with Crippen molar-refractivity contribution in [1.82, 2.24) is 5.32 Å². The second-order valence-electron chi connectivity index (χ2n) is 3.10. The number of hydrogen-bond acceptors (Lipinski definition) is 4. The van der Waals surface area contributed by atoms with Gasteiger partial charge in [-0.3, -0.25) is 4.79 Å². The Morgan fingerprint density at radius 2 is 2.33 bits per heavy atom. The summed E-state index contributed by atoms with van der Waals surface area (Å²) >= 11 is 0. The van der Waals surface area contributed by atoms with Crippen LogP contribution in [0.3, 0.4) is 0 Å². The van der Waals surface area contributed by atoms with Gasteiger partial charge in [0, 0.05) is 24.9 Å². The molecule has 0 unspecified atom stereocenters. The van der Waals surface area contributed by atoms with Crippen molar-refractivity contribution in [1.29, 1.82) is 0 Å². The first-order chi connectivity index (χ1) is 7.13. The summed E-state index contributed by atoms with van der Waals surface area (Å²) in [6.07, 6.45) is 0. The van der Waals surface area contributed by atoms with Gasteiger partial charge in [0.15, 0.2) is 0 Å². The quantitative estimate of drug-likeness (QED) is 0.491. The molecule has 0 heterocycles. The van der Waals surface area contributed by atoms with Gasteiger partial charge in [0.1, 0.15) is 12.4 Å². The fourth-order valence-electron chi connectivity index (χ4n) is 1.12. The zero-order valence-electron chi connectivity index (χ0n) is 8.49. The number of phenolic OH excluding ortho intramolecular Hbond substituents is 1. The molecule has 15 heavy (non-hydrogen) atoms. The smallest absolute Gasteiger partial charge is 0.246 e. The third kappa shape index (κ3) is 3.47. The van der Waals surface area contributed by atoms with Gasteiger partial charge in [-0.1, -0.05) is 0 Å². The van der Waals surface area contributed by atoms with Gasteiger partial charge < -0.3 is 20.9 Å². The van der Waals surface area contributed by atoms with Crippen molar-refractivity contribution in [3.8, 4) is 5.75 Å². The van der Waals surface area contributed by atoms with Crippen LogP contribution in [0, 0.1) is 0 Å². The maximum Gasteiger partial charge on any atom is 0.246 e. The molecule has 0 aliphatic carbocycles. The second-order valence-corrected chi connectivity index (χ2v) is 3.10. The molecule has 0 bridgehead atoms. The minimum absolute atomic E-state index is 0.00305. The van der Waals surface area contributed by atoms with Crippen molar-refractivity contribution in [2.24, 2.45) is 0 Å². The molecule has 0 aromatic heterocycles. The van der Waals surface area contributed by atoms with Gasteiger partial charge in [0.05, 0.1) is 0 Å². The Hall–Kier alpha value is -1.75. The second kappa shape index (κ2) is 5.21. The average Bonchev–Trinajstić information content (AvgIpc) is 2.20. The van der Waals surface area contributed by atoms with Crippen molar-refractivity contribution in [3.63, 3.8) is 0 Å². The highest BCUT2D eigenvalue weighted by Crippen LogP contribution is 2.19. The molecule has 0 spiro atoms. The molecule has 5 heteroatoms. The van der Waals surface area contributed by atoms with E-state index < -0.39 is 0 Å². The predicted molar refractivity (Wildman–Crippen MR) is 56.2 cm³/mol. The number of nitrogens with two attached hydrogens (primary N) is 1. The Balaban J connectivity index is 2.57. The first-order valence-electron chi connectivity index (χ1n) is 4.46. The van der Waals surface area contributed by atoms with Crippen LogP contribution in [0.4, 0.5) is 5.69 Å². The number of aromatic hydroxyl groups is 1. The number of anilines is 1. The van der Waals surface area contributed by atoms with Crippen LogP contribution >= 0.6 is 0 Å². The fourth-order valence-corrected chi connectivity index (χ4v) is 1.12. The molecular formula is C10H14N2O3. The molecule has 82 valence electrons. The zero-order valence-corrected chi connectivity index (χ0v) is 8.49. The SMILES string of the molecule is COCC(=O)NCc1cc(N)ccc1O. The van der Waals surface area contributed by atoms with E-state index in [2.05, 4.69) is 10.1 Å². The topological polar surface area (TPSA) is 84.6 Å². The van der Waals surface area contributed by atoms with Crippen LogP contribution in [-0.2, 0) is 16.1 Å². The van der Waals surface area contributed by atoms with Gasteiger partial charge in [-0.2, -0.15) is 0 Å². The largest absolute Gasteiger partial charge is 0.508 e. The summed E-state index contributed by atoms with van der Waals surface area (Å²) in [7, 11) is 1.44.